The molecule has 71 valence electrons. The topological polar surface area (TPSA) is 0 Å². The van der Waals surface area contributed by atoms with Crippen LogP contribution in [0.1, 0.15) is 6.42 Å². The third-order valence-electron chi connectivity index (χ3n) is 2.22. The maximum Gasteiger partial charge on any atom is 0.135 e. The van der Waals surface area contributed by atoms with E-state index in [4.69, 9.17) is 0 Å². The first-order valence-corrected chi connectivity index (χ1v) is 4.44. The van der Waals surface area contributed by atoms with E-state index in [0.29, 0.717) is 4.48 Å². The third-order valence-corrected chi connectivity index (χ3v) is 2.22. The number of quaternary nitrogens is 1. The number of benzene rings is 1. The molecule has 1 radical (unpaired) electrons. The van der Waals surface area contributed by atoms with E-state index in [-0.39, 0.29) is 5.82 Å². The highest BCUT2D eigenvalue weighted by molar-refractivity contribution is 5.41. The Morgan fingerprint density at radius 3 is 2.62 bits per heavy atom. The van der Waals surface area contributed by atoms with Crippen LogP contribution in [-0.2, 0) is 0 Å². The lowest BCUT2D eigenvalue weighted by atomic mass is 10.2. The van der Waals surface area contributed by atoms with Crippen molar-refractivity contribution in [3.8, 4) is 0 Å². The Hall–Kier alpha value is -0.890. The van der Waals surface area contributed by atoms with Crippen molar-refractivity contribution in [1.82, 2.24) is 4.48 Å². The highest BCUT2D eigenvalue weighted by Gasteiger charge is 2.17. The number of hydrogen-bond acceptors (Lipinski definition) is 0. The van der Waals surface area contributed by atoms with Gasteiger partial charge < -0.3 is 0 Å². The van der Waals surface area contributed by atoms with E-state index in [1.807, 2.05) is 6.07 Å². The zero-order valence-corrected chi connectivity index (χ0v) is 8.26. The molecule has 0 N–H and O–H groups in total. The fraction of sp³-hybridized carbons (Fsp3) is 0.364. The second-order valence-corrected chi connectivity index (χ2v) is 3.74. The van der Waals surface area contributed by atoms with Crippen LogP contribution < -0.4 is 4.48 Å². The second kappa shape index (κ2) is 3.88. The van der Waals surface area contributed by atoms with E-state index < -0.39 is 0 Å². The normalized spacial score (nSPS) is 11.7. The number of nitrogens with zero attached hydrogens (tertiary/aromatic N) is 1. The van der Waals surface area contributed by atoms with E-state index in [9.17, 15) is 4.39 Å². The summed E-state index contributed by atoms with van der Waals surface area (Å²) in [7, 11) is 4.11. The highest BCUT2D eigenvalue weighted by Crippen LogP contribution is 2.19. The molecule has 0 aromatic heterocycles. The van der Waals surface area contributed by atoms with Crippen LogP contribution in [0.15, 0.2) is 24.3 Å². The van der Waals surface area contributed by atoms with Gasteiger partial charge in [0.25, 0.3) is 0 Å². The van der Waals surface area contributed by atoms with Crippen LogP contribution in [0.2, 0.25) is 0 Å². The van der Waals surface area contributed by atoms with E-state index in [2.05, 4.69) is 21.0 Å². The summed E-state index contributed by atoms with van der Waals surface area (Å²) in [4.78, 5) is 0. The second-order valence-electron chi connectivity index (χ2n) is 3.74. The maximum atomic E-state index is 12.9. The molecule has 0 heterocycles. The highest BCUT2D eigenvalue weighted by atomic mass is 19.1. The summed E-state index contributed by atoms with van der Waals surface area (Å²) < 4.78 is 13.6. The average Bonchev–Trinajstić information content (AvgIpc) is 2.04. The summed E-state index contributed by atoms with van der Waals surface area (Å²) in [5.74, 6) is -0.173. The van der Waals surface area contributed by atoms with E-state index in [0.717, 1.165) is 18.7 Å². The van der Waals surface area contributed by atoms with Gasteiger partial charge in [-0.1, -0.05) is 6.07 Å². The summed E-state index contributed by atoms with van der Waals surface area (Å²) in [5, 5.41) is 0. The summed E-state index contributed by atoms with van der Waals surface area (Å²) >= 11 is 0. The zero-order chi connectivity index (χ0) is 9.90. The molecule has 0 bridgehead atoms. The van der Waals surface area contributed by atoms with E-state index in [1.165, 1.54) is 6.07 Å². The van der Waals surface area contributed by atoms with Gasteiger partial charge in [0.1, 0.15) is 11.5 Å². The molecule has 0 saturated heterocycles. The Bertz CT molecular complexity index is 281. The predicted octanol–water partition coefficient (Wildman–Crippen LogP) is 2.62. The van der Waals surface area contributed by atoms with Crippen molar-refractivity contribution in [2.24, 2.45) is 0 Å². The molecule has 0 spiro atoms. The van der Waals surface area contributed by atoms with Gasteiger partial charge in [-0.15, -0.1) is 0 Å². The van der Waals surface area contributed by atoms with Crippen molar-refractivity contribution in [2.75, 3.05) is 20.6 Å². The first kappa shape index (κ1) is 10.2. The fourth-order valence-electron chi connectivity index (χ4n) is 1.38. The molecule has 0 aliphatic carbocycles. The molecular weight excluding hydrogens is 165 g/mol. The van der Waals surface area contributed by atoms with Gasteiger partial charge in [-0.25, -0.2) is 4.39 Å². The van der Waals surface area contributed by atoms with Gasteiger partial charge in [0, 0.05) is 6.07 Å². The van der Waals surface area contributed by atoms with Gasteiger partial charge in [-0.3, -0.25) is 4.48 Å². The first-order valence-electron chi connectivity index (χ1n) is 4.44. The van der Waals surface area contributed by atoms with Gasteiger partial charge in [-0.2, -0.15) is 0 Å². The molecule has 2 heteroatoms. The molecule has 1 rings (SSSR count). The molecule has 13 heavy (non-hydrogen) atoms. The van der Waals surface area contributed by atoms with Crippen LogP contribution in [-0.4, -0.2) is 20.6 Å². The zero-order valence-electron chi connectivity index (χ0n) is 8.26. The molecule has 0 fully saturated rings. The molecule has 0 aliphatic rings. The Kier molecular flexibility index (Phi) is 3.04. The minimum Gasteiger partial charge on any atom is -0.296 e. The quantitative estimate of drug-likeness (QED) is 0.629. The van der Waals surface area contributed by atoms with Crippen LogP contribution in [0.5, 0.6) is 0 Å². The molecule has 0 unspecified atom stereocenters. The molecular formula is C11H16FN+. The van der Waals surface area contributed by atoms with Gasteiger partial charge in [-0.05, 0) is 25.5 Å². The van der Waals surface area contributed by atoms with Crippen LogP contribution in [0.4, 0.5) is 10.1 Å². The number of rotatable bonds is 3. The Balaban J connectivity index is 2.93. The summed E-state index contributed by atoms with van der Waals surface area (Å²) in [6.45, 7) is 4.73. The first-order chi connectivity index (χ1) is 6.06. The van der Waals surface area contributed by atoms with Crippen LogP contribution in [0, 0.1) is 12.7 Å². The SMILES string of the molecule is [CH2]CC[N+](C)(C)c1cccc(F)c1. The van der Waals surface area contributed by atoms with Gasteiger partial charge in [0.15, 0.2) is 0 Å². The monoisotopic (exact) mass is 181 g/mol. The van der Waals surface area contributed by atoms with Crippen molar-refractivity contribution in [1.29, 1.82) is 0 Å². The van der Waals surface area contributed by atoms with E-state index >= 15 is 0 Å². The molecule has 0 amide bonds. The molecule has 0 atom stereocenters. The van der Waals surface area contributed by atoms with Gasteiger partial charge in [0.05, 0.1) is 20.6 Å². The minimum atomic E-state index is -0.173. The van der Waals surface area contributed by atoms with Gasteiger partial charge >= 0.3 is 0 Å². The number of halogens is 1. The molecule has 1 aromatic rings. The van der Waals surface area contributed by atoms with Crippen molar-refractivity contribution in [3.05, 3.63) is 37.0 Å². The van der Waals surface area contributed by atoms with Crippen molar-refractivity contribution >= 4 is 5.69 Å². The smallest absolute Gasteiger partial charge is 0.135 e. The van der Waals surface area contributed by atoms with Crippen LogP contribution in [0.25, 0.3) is 0 Å². The third kappa shape index (κ3) is 2.52. The molecule has 0 saturated carbocycles. The predicted molar refractivity (Wildman–Crippen MR) is 54.9 cm³/mol. The summed E-state index contributed by atoms with van der Waals surface area (Å²) in [5.41, 5.74) is 0.989. The largest absolute Gasteiger partial charge is 0.296 e. The lowest BCUT2D eigenvalue weighted by Gasteiger charge is -2.28. The molecule has 1 nitrogen and oxygen atoms in total. The van der Waals surface area contributed by atoms with Crippen LogP contribution >= 0.6 is 0 Å². The fourth-order valence-corrected chi connectivity index (χ4v) is 1.38. The summed E-state index contributed by atoms with van der Waals surface area (Å²) in [6.07, 6.45) is 0.851. The van der Waals surface area contributed by atoms with Crippen molar-refractivity contribution < 1.29 is 4.39 Å². The summed E-state index contributed by atoms with van der Waals surface area (Å²) in [6, 6.07) is 6.73. The Morgan fingerprint density at radius 1 is 1.38 bits per heavy atom. The molecule has 0 aliphatic heterocycles. The van der Waals surface area contributed by atoms with Gasteiger partial charge in [0.2, 0.25) is 0 Å². The lowest BCUT2D eigenvalue weighted by molar-refractivity contribution is 0.403. The molecule has 1 aromatic carbocycles. The maximum absolute atomic E-state index is 12.9. The Morgan fingerprint density at radius 2 is 2.08 bits per heavy atom. The van der Waals surface area contributed by atoms with E-state index in [1.54, 1.807) is 12.1 Å². The standard InChI is InChI=1S/C11H16FN/c1-4-8-13(2,3)11-7-5-6-10(12)9-11/h5-7,9H,1,4,8H2,2-3H3/q+1. The van der Waals surface area contributed by atoms with Crippen molar-refractivity contribution in [3.63, 3.8) is 0 Å². The Labute approximate surface area is 79.4 Å². The average molecular weight is 181 g/mol. The van der Waals surface area contributed by atoms with Crippen molar-refractivity contribution in [2.45, 2.75) is 6.42 Å². The van der Waals surface area contributed by atoms with Crippen LogP contribution in [0.3, 0.4) is 0 Å². The number of hydrogen-bond donors (Lipinski definition) is 0. The lowest BCUT2D eigenvalue weighted by Crippen LogP contribution is -2.41. The minimum absolute atomic E-state index is 0.173.